The van der Waals surface area contributed by atoms with E-state index in [-0.39, 0.29) is 17.1 Å². The summed E-state index contributed by atoms with van der Waals surface area (Å²) in [6, 6.07) is 8.44. The van der Waals surface area contributed by atoms with Gasteiger partial charge in [-0.1, -0.05) is 6.07 Å². The molecule has 1 aromatic heterocycles. The predicted molar refractivity (Wildman–Crippen MR) is 119 cm³/mol. The van der Waals surface area contributed by atoms with Crippen LogP contribution in [0.1, 0.15) is 11.4 Å². The number of ether oxygens (including phenoxy) is 3. The summed E-state index contributed by atoms with van der Waals surface area (Å²) in [5.41, 5.74) is 1.29. The van der Waals surface area contributed by atoms with Gasteiger partial charge in [-0.25, -0.2) is 9.37 Å². The second-order valence-corrected chi connectivity index (χ2v) is 7.76. The molecule has 1 aliphatic rings. The lowest BCUT2D eigenvalue weighted by Gasteiger charge is -2.34. The summed E-state index contributed by atoms with van der Waals surface area (Å²) in [5, 5.41) is 0.461. The van der Waals surface area contributed by atoms with E-state index < -0.39 is 0 Å². The Morgan fingerprint density at radius 3 is 2.16 bits per heavy atom. The lowest BCUT2D eigenvalue weighted by atomic mass is 10.1. The number of nitrogens with one attached hydrogen (secondary N) is 1. The molecule has 0 radical (unpaired) electrons. The number of halogens is 1. The normalized spacial score (nSPS) is 15.1. The molecule has 3 aromatic rings. The van der Waals surface area contributed by atoms with Crippen LogP contribution in [-0.2, 0) is 13.1 Å². The summed E-state index contributed by atoms with van der Waals surface area (Å²) < 4.78 is 29.5. The Balaban J connectivity index is 1.40. The quantitative estimate of drug-likeness (QED) is 0.602. The van der Waals surface area contributed by atoms with Gasteiger partial charge < -0.3 is 19.2 Å². The van der Waals surface area contributed by atoms with Crippen LogP contribution in [0.25, 0.3) is 10.9 Å². The number of methoxy groups -OCH3 is 3. The Bertz CT molecular complexity index is 1160. The molecule has 170 valence electrons. The van der Waals surface area contributed by atoms with Crippen LogP contribution in [0.5, 0.6) is 17.2 Å². The maximum Gasteiger partial charge on any atom is 0.258 e. The number of aromatic amines is 1. The third-order valence-corrected chi connectivity index (χ3v) is 5.72. The SMILES string of the molecule is COc1ccc(CN2CCN(Cc3nc4cc(OC)c(OC)cc4c(=O)[nH]3)CC2)cc1F. The molecule has 0 atom stereocenters. The summed E-state index contributed by atoms with van der Waals surface area (Å²) in [6.07, 6.45) is 0. The molecule has 0 aliphatic carbocycles. The fraction of sp³-hybridized carbons (Fsp3) is 0.391. The van der Waals surface area contributed by atoms with Crippen LogP contribution in [-0.4, -0.2) is 67.3 Å². The molecule has 0 spiro atoms. The van der Waals surface area contributed by atoms with Gasteiger partial charge in [0.1, 0.15) is 5.82 Å². The molecular formula is C23H27FN4O4. The Morgan fingerprint density at radius 2 is 1.53 bits per heavy atom. The monoisotopic (exact) mass is 442 g/mol. The summed E-state index contributed by atoms with van der Waals surface area (Å²) >= 11 is 0. The van der Waals surface area contributed by atoms with Gasteiger partial charge >= 0.3 is 0 Å². The van der Waals surface area contributed by atoms with Crippen molar-refractivity contribution in [2.24, 2.45) is 0 Å². The van der Waals surface area contributed by atoms with Gasteiger partial charge in [0.2, 0.25) is 0 Å². The molecule has 0 unspecified atom stereocenters. The fourth-order valence-corrected chi connectivity index (χ4v) is 3.97. The molecular weight excluding hydrogens is 415 g/mol. The van der Waals surface area contributed by atoms with E-state index in [1.54, 1.807) is 25.3 Å². The van der Waals surface area contributed by atoms with Crippen molar-refractivity contribution in [1.29, 1.82) is 0 Å². The average Bonchev–Trinajstić information content (AvgIpc) is 2.79. The molecule has 32 heavy (non-hydrogen) atoms. The first-order valence-electron chi connectivity index (χ1n) is 10.4. The minimum absolute atomic E-state index is 0.203. The zero-order valence-corrected chi connectivity index (χ0v) is 18.5. The molecule has 2 aromatic carbocycles. The average molecular weight is 442 g/mol. The highest BCUT2D eigenvalue weighted by molar-refractivity contribution is 5.81. The van der Waals surface area contributed by atoms with Crippen molar-refractivity contribution in [3.63, 3.8) is 0 Å². The van der Waals surface area contributed by atoms with Crippen molar-refractivity contribution in [3.8, 4) is 17.2 Å². The van der Waals surface area contributed by atoms with Crippen molar-refractivity contribution >= 4 is 10.9 Å². The van der Waals surface area contributed by atoms with Gasteiger partial charge in [0.15, 0.2) is 23.1 Å². The van der Waals surface area contributed by atoms with Crippen molar-refractivity contribution in [3.05, 3.63) is 57.9 Å². The lowest BCUT2D eigenvalue weighted by Crippen LogP contribution is -2.45. The van der Waals surface area contributed by atoms with Crippen LogP contribution in [0.2, 0.25) is 0 Å². The molecule has 1 fully saturated rings. The fourth-order valence-electron chi connectivity index (χ4n) is 3.97. The first-order chi connectivity index (χ1) is 15.5. The topological polar surface area (TPSA) is 79.9 Å². The number of aromatic nitrogens is 2. The van der Waals surface area contributed by atoms with Crippen molar-refractivity contribution in [2.75, 3.05) is 47.5 Å². The highest BCUT2D eigenvalue weighted by Crippen LogP contribution is 2.30. The van der Waals surface area contributed by atoms with Crippen LogP contribution < -0.4 is 19.8 Å². The third kappa shape index (κ3) is 4.68. The summed E-state index contributed by atoms with van der Waals surface area (Å²) in [7, 11) is 4.55. The van der Waals surface area contributed by atoms with Gasteiger partial charge in [-0.15, -0.1) is 0 Å². The Labute approximate surface area is 185 Å². The molecule has 0 bridgehead atoms. The smallest absolute Gasteiger partial charge is 0.258 e. The Hall–Kier alpha value is -3.17. The molecule has 1 aliphatic heterocycles. The number of rotatable bonds is 7. The number of hydrogen-bond acceptors (Lipinski definition) is 7. The number of fused-ring (bicyclic) bond motifs is 1. The van der Waals surface area contributed by atoms with Crippen LogP contribution >= 0.6 is 0 Å². The molecule has 9 heteroatoms. The molecule has 2 heterocycles. The van der Waals surface area contributed by atoms with Crippen LogP contribution in [0.4, 0.5) is 4.39 Å². The number of hydrogen-bond donors (Lipinski definition) is 1. The number of H-pyrrole nitrogens is 1. The standard InChI is InChI=1S/C23H27FN4O4/c1-30-19-5-4-15(10-17(19)24)13-27-6-8-28(9-7-27)14-22-25-18-12-21(32-3)20(31-2)11-16(18)23(29)26-22/h4-5,10-12H,6-9,13-14H2,1-3H3,(H,25,26,29). The highest BCUT2D eigenvalue weighted by atomic mass is 19.1. The minimum atomic E-state index is -0.343. The van der Waals surface area contributed by atoms with Gasteiger partial charge in [0.25, 0.3) is 5.56 Å². The summed E-state index contributed by atoms with van der Waals surface area (Å²) in [4.78, 5) is 24.6. The van der Waals surface area contributed by atoms with E-state index in [1.807, 2.05) is 6.07 Å². The molecule has 0 amide bonds. The maximum atomic E-state index is 13.9. The predicted octanol–water partition coefficient (Wildman–Crippen LogP) is 2.41. The summed E-state index contributed by atoms with van der Waals surface area (Å²) in [6.45, 7) is 4.57. The molecule has 8 nitrogen and oxygen atoms in total. The Kier molecular flexibility index (Phi) is 6.57. The van der Waals surface area contributed by atoms with E-state index >= 15 is 0 Å². The van der Waals surface area contributed by atoms with Crippen LogP contribution in [0.3, 0.4) is 0 Å². The van der Waals surface area contributed by atoms with Crippen LogP contribution in [0.15, 0.2) is 35.1 Å². The first kappa shape index (κ1) is 22.0. The zero-order chi connectivity index (χ0) is 22.7. The molecule has 0 saturated carbocycles. The van der Waals surface area contributed by atoms with Crippen LogP contribution in [0, 0.1) is 5.82 Å². The Morgan fingerprint density at radius 1 is 0.906 bits per heavy atom. The number of benzene rings is 2. The second kappa shape index (κ2) is 9.54. The maximum absolute atomic E-state index is 13.9. The van der Waals surface area contributed by atoms with E-state index in [2.05, 4.69) is 19.8 Å². The lowest BCUT2D eigenvalue weighted by molar-refractivity contribution is 0.120. The van der Waals surface area contributed by atoms with E-state index in [0.29, 0.717) is 41.3 Å². The number of nitrogens with zero attached hydrogens (tertiary/aromatic N) is 3. The van der Waals surface area contributed by atoms with Gasteiger partial charge in [-0.05, 0) is 23.8 Å². The van der Waals surface area contributed by atoms with Crippen molar-refractivity contribution < 1.29 is 18.6 Å². The van der Waals surface area contributed by atoms with Gasteiger partial charge in [0.05, 0.1) is 38.8 Å². The van der Waals surface area contributed by atoms with Gasteiger partial charge in [0, 0.05) is 38.8 Å². The molecule has 4 rings (SSSR count). The van der Waals surface area contributed by atoms with E-state index in [9.17, 15) is 9.18 Å². The summed E-state index contributed by atoms with van der Waals surface area (Å²) in [5.74, 6) is 1.55. The van der Waals surface area contributed by atoms with Crippen molar-refractivity contribution in [1.82, 2.24) is 19.8 Å². The highest BCUT2D eigenvalue weighted by Gasteiger charge is 2.19. The van der Waals surface area contributed by atoms with Gasteiger partial charge in [-0.3, -0.25) is 14.6 Å². The third-order valence-electron chi connectivity index (χ3n) is 5.72. The minimum Gasteiger partial charge on any atom is -0.494 e. The second-order valence-electron chi connectivity index (χ2n) is 7.76. The number of piperazine rings is 1. The van der Waals surface area contributed by atoms with E-state index in [0.717, 1.165) is 31.7 Å². The van der Waals surface area contributed by atoms with Gasteiger partial charge in [-0.2, -0.15) is 0 Å². The first-order valence-corrected chi connectivity index (χ1v) is 10.4. The van der Waals surface area contributed by atoms with Crippen molar-refractivity contribution in [2.45, 2.75) is 13.1 Å². The van der Waals surface area contributed by atoms with E-state index in [1.165, 1.54) is 20.3 Å². The molecule has 1 saturated heterocycles. The molecule has 1 N–H and O–H groups in total. The zero-order valence-electron chi connectivity index (χ0n) is 18.5. The largest absolute Gasteiger partial charge is 0.494 e. The van der Waals surface area contributed by atoms with E-state index in [4.69, 9.17) is 14.2 Å².